The molecule has 0 aliphatic carbocycles. The molecular weight excluding hydrogens is 317 g/mol. The molecule has 120 valence electrons. The van der Waals surface area contributed by atoms with Gasteiger partial charge >= 0.3 is 0 Å². The van der Waals surface area contributed by atoms with Gasteiger partial charge in [-0.25, -0.2) is 8.78 Å². The second kappa shape index (κ2) is 10.1. The second-order valence-electron chi connectivity index (χ2n) is 4.81. The first-order chi connectivity index (χ1) is 9.24. The molecule has 1 saturated heterocycles. The van der Waals surface area contributed by atoms with Crippen LogP contribution in [0.5, 0.6) is 0 Å². The number of hydrogen-bond acceptors (Lipinski definition) is 2. The van der Waals surface area contributed by atoms with Gasteiger partial charge in [-0.2, -0.15) is 0 Å². The van der Waals surface area contributed by atoms with E-state index in [-0.39, 0.29) is 30.9 Å². The highest BCUT2D eigenvalue weighted by molar-refractivity contribution is 5.85. The minimum atomic E-state index is -0.767. The smallest absolute Gasteiger partial charge is 0.163 e. The normalized spacial score (nSPS) is 16.5. The van der Waals surface area contributed by atoms with Crippen LogP contribution >= 0.6 is 24.8 Å². The predicted octanol–water partition coefficient (Wildman–Crippen LogP) is 3.72. The van der Waals surface area contributed by atoms with Crippen molar-refractivity contribution in [3.8, 4) is 0 Å². The zero-order chi connectivity index (χ0) is 13.7. The van der Waals surface area contributed by atoms with Crippen molar-refractivity contribution >= 4 is 24.8 Å². The second-order valence-corrected chi connectivity index (χ2v) is 4.81. The van der Waals surface area contributed by atoms with Gasteiger partial charge < -0.3 is 5.32 Å². The van der Waals surface area contributed by atoms with E-state index < -0.39 is 11.6 Å². The Hall–Kier alpha value is -0.680. The van der Waals surface area contributed by atoms with Gasteiger partial charge in [0.25, 0.3) is 0 Å². The highest BCUT2D eigenvalue weighted by Gasteiger charge is 2.25. The molecule has 1 atom stereocenters. The van der Waals surface area contributed by atoms with Crippen molar-refractivity contribution in [1.29, 1.82) is 0 Å². The molecule has 2 nitrogen and oxygen atoms in total. The number of halogens is 4. The van der Waals surface area contributed by atoms with Gasteiger partial charge in [0.2, 0.25) is 0 Å². The van der Waals surface area contributed by atoms with Crippen molar-refractivity contribution in [1.82, 2.24) is 10.2 Å². The molecule has 0 unspecified atom stereocenters. The van der Waals surface area contributed by atoms with Gasteiger partial charge in [0.1, 0.15) is 0 Å². The van der Waals surface area contributed by atoms with Crippen LogP contribution < -0.4 is 5.32 Å². The summed E-state index contributed by atoms with van der Waals surface area (Å²) in [6, 6.07) is 4.36. The fraction of sp³-hybridized carbons (Fsp3) is 0.467. The van der Waals surface area contributed by atoms with Crippen molar-refractivity contribution in [2.45, 2.75) is 18.9 Å². The van der Waals surface area contributed by atoms with Gasteiger partial charge in [-0.05, 0) is 18.9 Å². The van der Waals surface area contributed by atoms with E-state index in [1.807, 2.05) is 6.08 Å². The average molecular weight is 339 g/mol. The van der Waals surface area contributed by atoms with Crippen LogP contribution in [-0.4, -0.2) is 31.1 Å². The van der Waals surface area contributed by atoms with Gasteiger partial charge in [-0.1, -0.05) is 18.2 Å². The van der Waals surface area contributed by atoms with Crippen LogP contribution in [0.3, 0.4) is 0 Å². The summed E-state index contributed by atoms with van der Waals surface area (Å²) in [5, 5.41) is 3.27. The summed E-state index contributed by atoms with van der Waals surface area (Å²) >= 11 is 0. The summed E-state index contributed by atoms with van der Waals surface area (Å²) in [6.45, 7) is 7.21. The molecule has 1 heterocycles. The van der Waals surface area contributed by atoms with Crippen molar-refractivity contribution < 1.29 is 8.78 Å². The van der Waals surface area contributed by atoms with Gasteiger partial charge in [0.15, 0.2) is 11.6 Å². The lowest BCUT2D eigenvalue weighted by Crippen LogP contribution is -2.45. The maximum atomic E-state index is 14.0. The Labute approximate surface area is 137 Å². The van der Waals surface area contributed by atoms with E-state index in [1.54, 1.807) is 12.1 Å². The maximum Gasteiger partial charge on any atom is 0.163 e. The largest absolute Gasteiger partial charge is 0.314 e. The molecule has 0 saturated carbocycles. The molecule has 1 aliphatic heterocycles. The molecule has 1 aliphatic rings. The first-order valence-corrected chi connectivity index (χ1v) is 6.73. The Bertz CT molecular complexity index is 438. The summed E-state index contributed by atoms with van der Waals surface area (Å²) in [4.78, 5) is 2.22. The third-order valence-electron chi connectivity index (χ3n) is 3.58. The molecule has 6 heteroatoms. The first kappa shape index (κ1) is 20.3. The lowest BCUT2D eigenvalue weighted by atomic mass is 9.98. The third kappa shape index (κ3) is 5.22. The van der Waals surface area contributed by atoms with Crippen LogP contribution in [0.2, 0.25) is 0 Å². The Morgan fingerprint density at radius 2 is 1.90 bits per heavy atom. The number of nitrogens with zero attached hydrogens (tertiary/aromatic N) is 1. The monoisotopic (exact) mass is 338 g/mol. The molecule has 21 heavy (non-hydrogen) atoms. The molecule has 1 aromatic rings. The Morgan fingerprint density at radius 1 is 1.24 bits per heavy atom. The number of hydrogen-bond donors (Lipinski definition) is 1. The Balaban J connectivity index is 0.00000200. The molecule has 1 N–H and O–H groups in total. The van der Waals surface area contributed by atoms with E-state index in [0.29, 0.717) is 5.56 Å². The van der Waals surface area contributed by atoms with Crippen LogP contribution in [0.25, 0.3) is 0 Å². The molecule has 2 rings (SSSR count). The van der Waals surface area contributed by atoms with E-state index in [9.17, 15) is 8.78 Å². The molecule has 0 amide bonds. The summed E-state index contributed by atoms with van der Waals surface area (Å²) in [5.74, 6) is -1.48. The average Bonchev–Trinajstić information content (AvgIpc) is 2.45. The number of rotatable bonds is 5. The van der Waals surface area contributed by atoms with Crippen LogP contribution in [-0.2, 0) is 0 Å². The van der Waals surface area contributed by atoms with Crippen LogP contribution in [0.15, 0.2) is 30.9 Å². The van der Waals surface area contributed by atoms with Crippen molar-refractivity contribution in [2.24, 2.45) is 0 Å². The Kier molecular flexibility index (Phi) is 9.79. The van der Waals surface area contributed by atoms with E-state index in [1.165, 1.54) is 6.07 Å². The minimum Gasteiger partial charge on any atom is -0.314 e. The third-order valence-corrected chi connectivity index (χ3v) is 3.58. The summed E-state index contributed by atoms with van der Waals surface area (Å²) in [7, 11) is 0. The van der Waals surface area contributed by atoms with E-state index in [4.69, 9.17) is 0 Å². The van der Waals surface area contributed by atoms with Gasteiger partial charge in [0, 0.05) is 37.8 Å². The quantitative estimate of drug-likeness (QED) is 0.823. The van der Waals surface area contributed by atoms with Crippen molar-refractivity contribution in [3.05, 3.63) is 48.1 Å². The van der Waals surface area contributed by atoms with Gasteiger partial charge in [-0.3, -0.25) is 4.90 Å². The van der Waals surface area contributed by atoms with E-state index in [2.05, 4.69) is 16.8 Å². The molecule has 0 aromatic heterocycles. The molecule has 1 fully saturated rings. The van der Waals surface area contributed by atoms with Gasteiger partial charge in [0.05, 0.1) is 0 Å². The highest BCUT2D eigenvalue weighted by atomic mass is 35.5. The van der Waals surface area contributed by atoms with Crippen molar-refractivity contribution in [3.63, 3.8) is 0 Å². The molecule has 0 radical (unpaired) electrons. The number of benzene rings is 1. The lowest BCUT2D eigenvalue weighted by molar-refractivity contribution is 0.162. The highest BCUT2D eigenvalue weighted by Crippen LogP contribution is 2.29. The standard InChI is InChI=1S/C15H20F2N2.2ClH/c1-2-3-7-14(19-10-8-18-9-11-19)12-5-4-6-13(16)15(12)17;;/h2,4-6,14,18H,1,3,7-11H2;2*1H/t14-;;/m1../s1. The lowest BCUT2D eigenvalue weighted by Gasteiger charge is -2.35. The zero-order valence-electron chi connectivity index (χ0n) is 11.9. The maximum absolute atomic E-state index is 14.0. The molecule has 1 aromatic carbocycles. The predicted molar refractivity (Wildman–Crippen MR) is 87.5 cm³/mol. The number of allylic oxidation sites excluding steroid dienone is 1. The summed E-state index contributed by atoms with van der Waals surface area (Å²) < 4.78 is 27.4. The fourth-order valence-electron chi connectivity index (χ4n) is 2.58. The minimum absolute atomic E-state index is 0. The Morgan fingerprint density at radius 3 is 2.52 bits per heavy atom. The zero-order valence-corrected chi connectivity index (χ0v) is 13.5. The number of nitrogens with one attached hydrogen (secondary N) is 1. The summed E-state index contributed by atoms with van der Waals surface area (Å²) in [5.41, 5.74) is 0.462. The van der Waals surface area contributed by atoms with Crippen molar-refractivity contribution in [2.75, 3.05) is 26.2 Å². The van der Waals surface area contributed by atoms with E-state index in [0.717, 1.165) is 39.0 Å². The molecule has 0 spiro atoms. The van der Waals surface area contributed by atoms with E-state index >= 15 is 0 Å². The van der Waals surface area contributed by atoms with Crippen LogP contribution in [0.1, 0.15) is 24.4 Å². The molecule has 0 bridgehead atoms. The SMILES string of the molecule is C=CCC[C@H](c1cccc(F)c1F)N1CCNCC1.Cl.Cl. The van der Waals surface area contributed by atoms with Gasteiger partial charge in [-0.15, -0.1) is 31.4 Å². The topological polar surface area (TPSA) is 15.3 Å². The van der Waals surface area contributed by atoms with Crippen LogP contribution in [0, 0.1) is 11.6 Å². The number of piperazine rings is 1. The summed E-state index contributed by atoms with van der Waals surface area (Å²) in [6.07, 6.45) is 3.39. The van der Waals surface area contributed by atoms with Crippen LogP contribution in [0.4, 0.5) is 8.78 Å². The fourth-order valence-corrected chi connectivity index (χ4v) is 2.58. The first-order valence-electron chi connectivity index (χ1n) is 6.73. The molecular formula is C15H22Cl2F2N2.